The molecule has 0 radical (unpaired) electrons. The number of amides is 1. The summed E-state index contributed by atoms with van der Waals surface area (Å²) >= 11 is 0. The average molecular weight is 181 g/mol. The lowest BCUT2D eigenvalue weighted by molar-refractivity contribution is 0.100. The molecule has 1 aromatic rings. The van der Waals surface area contributed by atoms with E-state index in [0.717, 1.165) is 0 Å². The highest BCUT2D eigenvalue weighted by atomic mass is 16.4. The highest BCUT2D eigenvalue weighted by Crippen LogP contribution is 1.94. The first kappa shape index (κ1) is 11.7. The number of carbonyl (C=O) groups excluding carboxylic acids is 1. The lowest BCUT2D eigenvalue weighted by Crippen LogP contribution is -2.09. The van der Waals surface area contributed by atoms with Gasteiger partial charge in [0.25, 0.3) is 0 Å². The zero-order valence-electron chi connectivity index (χ0n) is 7.34. The van der Waals surface area contributed by atoms with Gasteiger partial charge in [0.2, 0.25) is 5.91 Å². The van der Waals surface area contributed by atoms with Crippen LogP contribution in [0.15, 0.2) is 30.3 Å². The topological polar surface area (TPSA) is 83.6 Å². The second kappa shape index (κ2) is 6.22. The van der Waals surface area contributed by atoms with Crippen molar-refractivity contribution in [1.82, 2.24) is 0 Å². The summed E-state index contributed by atoms with van der Waals surface area (Å²) in [5.74, 6) is -0.379. The van der Waals surface area contributed by atoms with E-state index in [-0.39, 0.29) is 5.91 Å². The first-order valence-corrected chi connectivity index (χ1v) is 3.75. The summed E-state index contributed by atoms with van der Waals surface area (Å²) in [6, 6.07) is 8.76. The second-order valence-corrected chi connectivity index (χ2v) is 2.36. The minimum Gasteiger partial charge on any atom is -0.427 e. The third-order valence-electron chi connectivity index (χ3n) is 1.06. The number of rotatable bonds is 1. The highest BCUT2D eigenvalue weighted by Gasteiger charge is 1.93. The van der Waals surface area contributed by atoms with Crippen LogP contribution in [0.25, 0.3) is 0 Å². The van der Waals surface area contributed by atoms with Gasteiger partial charge in [-0.25, -0.2) is 0 Å². The van der Waals surface area contributed by atoms with Gasteiger partial charge in [0, 0.05) is 5.56 Å². The standard InChI is InChI=1S/C7H7NO.CH5BO2/c8-7(9)6-4-2-1-3-5-6;1-2(3)4/h1-5H,(H2,8,9);3-4H,1H3. The van der Waals surface area contributed by atoms with Crippen molar-refractivity contribution in [3.05, 3.63) is 35.9 Å². The van der Waals surface area contributed by atoms with Crippen LogP contribution >= 0.6 is 0 Å². The molecule has 1 aromatic carbocycles. The third-order valence-corrected chi connectivity index (χ3v) is 1.06. The van der Waals surface area contributed by atoms with Crippen molar-refractivity contribution in [2.75, 3.05) is 0 Å². The molecule has 0 heterocycles. The lowest BCUT2D eigenvalue weighted by atomic mass is 9.99. The Bertz CT molecular complexity index is 248. The number of hydrogen-bond acceptors (Lipinski definition) is 3. The zero-order valence-corrected chi connectivity index (χ0v) is 7.34. The Balaban J connectivity index is 0.000000310. The smallest absolute Gasteiger partial charge is 0.427 e. The second-order valence-electron chi connectivity index (χ2n) is 2.36. The van der Waals surface area contributed by atoms with E-state index in [9.17, 15) is 4.79 Å². The third kappa shape index (κ3) is 7.05. The molecule has 0 aromatic heterocycles. The van der Waals surface area contributed by atoms with E-state index >= 15 is 0 Å². The highest BCUT2D eigenvalue weighted by molar-refractivity contribution is 6.38. The van der Waals surface area contributed by atoms with Crippen molar-refractivity contribution < 1.29 is 14.8 Å². The molecule has 0 fully saturated rings. The van der Waals surface area contributed by atoms with Crippen LogP contribution in [-0.2, 0) is 0 Å². The maximum atomic E-state index is 10.4. The summed E-state index contributed by atoms with van der Waals surface area (Å²) < 4.78 is 0. The van der Waals surface area contributed by atoms with Crippen LogP contribution in [0, 0.1) is 0 Å². The molecule has 70 valence electrons. The van der Waals surface area contributed by atoms with Crippen LogP contribution in [0.1, 0.15) is 10.4 Å². The van der Waals surface area contributed by atoms with Crippen LogP contribution in [0.2, 0.25) is 6.82 Å². The number of carbonyl (C=O) groups is 1. The predicted molar refractivity (Wildman–Crippen MR) is 51.0 cm³/mol. The van der Waals surface area contributed by atoms with E-state index in [1.807, 2.05) is 6.07 Å². The maximum absolute atomic E-state index is 10.4. The fourth-order valence-corrected chi connectivity index (χ4v) is 0.602. The molecule has 1 rings (SSSR count). The normalized spacial score (nSPS) is 8.23. The van der Waals surface area contributed by atoms with Crippen molar-refractivity contribution in [3.8, 4) is 0 Å². The molecule has 0 atom stereocenters. The summed E-state index contributed by atoms with van der Waals surface area (Å²) in [4.78, 5) is 10.4. The Hall–Kier alpha value is -1.33. The van der Waals surface area contributed by atoms with Crippen LogP contribution in [0.4, 0.5) is 0 Å². The minimum atomic E-state index is -1.17. The molecule has 4 nitrogen and oxygen atoms in total. The van der Waals surface area contributed by atoms with E-state index in [1.54, 1.807) is 24.3 Å². The number of hydrogen-bond donors (Lipinski definition) is 3. The fourth-order valence-electron chi connectivity index (χ4n) is 0.602. The van der Waals surface area contributed by atoms with E-state index in [1.165, 1.54) is 6.82 Å². The van der Waals surface area contributed by atoms with Gasteiger partial charge in [-0.05, 0) is 19.0 Å². The molecule has 0 saturated carbocycles. The molecule has 5 heteroatoms. The fraction of sp³-hybridized carbons (Fsp3) is 0.125. The molecular formula is C8H12BNO3. The molecule has 0 bridgehead atoms. The van der Waals surface area contributed by atoms with Crippen molar-refractivity contribution in [2.24, 2.45) is 5.73 Å². The van der Waals surface area contributed by atoms with Crippen molar-refractivity contribution in [2.45, 2.75) is 6.82 Å². The van der Waals surface area contributed by atoms with Gasteiger partial charge >= 0.3 is 7.12 Å². The molecule has 0 aliphatic heterocycles. The molecule has 0 saturated heterocycles. The molecule has 0 aliphatic rings. The van der Waals surface area contributed by atoms with Gasteiger partial charge in [0.05, 0.1) is 0 Å². The van der Waals surface area contributed by atoms with Crippen molar-refractivity contribution in [3.63, 3.8) is 0 Å². The van der Waals surface area contributed by atoms with E-state index in [2.05, 4.69) is 0 Å². The van der Waals surface area contributed by atoms with Gasteiger partial charge < -0.3 is 15.8 Å². The lowest BCUT2D eigenvalue weighted by Gasteiger charge is -1.89. The van der Waals surface area contributed by atoms with Gasteiger partial charge in [-0.2, -0.15) is 0 Å². The number of benzene rings is 1. The molecule has 0 spiro atoms. The number of primary amides is 1. The van der Waals surface area contributed by atoms with Crippen LogP contribution in [0.5, 0.6) is 0 Å². The molecule has 0 aliphatic carbocycles. The van der Waals surface area contributed by atoms with E-state index in [4.69, 9.17) is 15.8 Å². The summed E-state index contributed by atoms with van der Waals surface area (Å²) in [6.07, 6.45) is 0. The summed E-state index contributed by atoms with van der Waals surface area (Å²) in [5.41, 5.74) is 5.53. The monoisotopic (exact) mass is 181 g/mol. The van der Waals surface area contributed by atoms with Gasteiger partial charge in [0.15, 0.2) is 0 Å². The Morgan fingerprint density at radius 3 is 1.92 bits per heavy atom. The first-order valence-electron chi connectivity index (χ1n) is 3.75. The summed E-state index contributed by atoms with van der Waals surface area (Å²) in [7, 11) is -1.17. The minimum absolute atomic E-state index is 0.379. The SMILES string of the molecule is CB(O)O.NC(=O)c1ccccc1. The van der Waals surface area contributed by atoms with Crippen LogP contribution < -0.4 is 5.73 Å². The Kier molecular flexibility index (Phi) is 5.59. The van der Waals surface area contributed by atoms with Gasteiger partial charge in [-0.3, -0.25) is 4.79 Å². The average Bonchev–Trinajstić information content (AvgIpc) is 2.05. The quantitative estimate of drug-likeness (QED) is 0.527. The molecule has 4 N–H and O–H groups in total. The molecule has 1 amide bonds. The van der Waals surface area contributed by atoms with E-state index < -0.39 is 7.12 Å². The van der Waals surface area contributed by atoms with Gasteiger partial charge in [-0.1, -0.05) is 18.2 Å². The largest absolute Gasteiger partial charge is 0.448 e. The van der Waals surface area contributed by atoms with Gasteiger partial charge in [0.1, 0.15) is 0 Å². The summed E-state index contributed by atoms with van der Waals surface area (Å²) in [6.45, 7) is 1.28. The Labute approximate surface area is 77.1 Å². The Morgan fingerprint density at radius 1 is 1.31 bits per heavy atom. The van der Waals surface area contributed by atoms with Gasteiger partial charge in [-0.15, -0.1) is 0 Å². The Morgan fingerprint density at radius 2 is 1.69 bits per heavy atom. The number of nitrogens with two attached hydrogens (primary N) is 1. The zero-order chi connectivity index (χ0) is 10.3. The summed E-state index contributed by atoms with van der Waals surface area (Å²) in [5, 5.41) is 15.2. The maximum Gasteiger partial charge on any atom is 0.448 e. The van der Waals surface area contributed by atoms with Crippen molar-refractivity contribution in [1.29, 1.82) is 0 Å². The van der Waals surface area contributed by atoms with Crippen LogP contribution in [0.3, 0.4) is 0 Å². The van der Waals surface area contributed by atoms with E-state index in [0.29, 0.717) is 5.56 Å². The molecular weight excluding hydrogens is 169 g/mol. The molecule has 0 unspecified atom stereocenters. The predicted octanol–water partition coefficient (Wildman–Crippen LogP) is -0.126. The van der Waals surface area contributed by atoms with Crippen LogP contribution in [-0.4, -0.2) is 23.1 Å². The molecule has 13 heavy (non-hydrogen) atoms. The van der Waals surface area contributed by atoms with Crippen molar-refractivity contribution >= 4 is 13.0 Å². The first-order chi connectivity index (χ1) is 6.04.